The molecule has 0 bridgehead atoms. The molecule has 0 radical (unpaired) electrons. The van der Waals surface area contributed by atoms with Gasteiger partial charge in [0.25, 0.3) is 5.56 Å². The highest BCUT2D eigenvalue weighted by Crippen LogP contribution is 2.34. The second kappa shape index (κ2) is 6.98. The molecule has 128 valence electrons. The molecule has 25 heavy (non-hydrogen) atoms. The van der Waals surface area contributed by atoms with Crippen LogP contribution in [-0.2, 0) is 5.75 Å². The third-order valence-corrected chi connectivity index (χ3v) is 5.03. The van der Waals surface area contributed by atoms with Gasteiger partial charge in [-0.05, 0) is 30.3 Å². The van der Waals surface area contributed by atoms with Crippen LogP contribution in [0.5, 0.6) is 11.5 Å². The standard InChI is InChI=1S/C18H15ClN2O3S/c19-12-2-5-17-20-13(8-18(22)21(17)10-12)11-25-14-3-4-15-16(9-14)24-7-1-6-23-15/h2-5,8-10H,1,6-7,11H2. The van der Waals surface area contributed by atoms with Crippen molar-refractivity contribution >= 4 is 29.0 Å². The first kappa shape index (κ1) is 16.3. The van der Waals surface area contributed by atoms with Gasteiger partial charge in [0.05, 0.1) is 23.9 Å². The van der Waals surface area contributed by atoms with Gasteiger partial charge in [-0.25, -0.2) is 4.98 Å². The fourth-order valence-corrected chi connectivity index (χ4v) is 3.57. The number of benzene rings is 1. The maximum atomic E-state index is 12.2. The van der Waals surface area contributed by atoms with Crippen LogP contribution >= 0.6 is 23.4 Å². The van der Waals surface area contributed by atoms with Crippen LogP contribution in [0.3, 0.4) is 0 Å². The quantitative estimate of drug-likeness (QED) is 0.653. The summed E-state index contributed by atoms with van der Waals surface area (Å²) in [6.07, 6.45) is 2.46. The predicted octanol–water partition coefficient (Wildman–Crippen LogP) is 3.80. The van der Waals surface area contributed by atoms with E-state index < -0.39 is 0 Å². The zero-order valence-electron chi connectivity index (χ0n) is 13.3. The van der Waals surface area contributed by atoms with Crippen LogP contribution in [0.25, 0.3) is 5.65 Å². The highest BCUT2D eigenvalue weighted by atomic mass is 35.5. The molecule has 0 saturated carbocycles. The third kappa shape index (κ3) is 3.60. The fourth-order valence-electron chi connectivity index (χ4n) is 2.59. The van der Waals surface area contributed by atoms with Gasteiger partial charge in [-0.3, -0.25) is 9.20 Å². The molecule has 1 aromatic carbocycles. The summed E-state index contributed by atoms with van der Waals surface area (Å²) in [6, 6.07) is 10.9. The Morgan fingerprint density at radius 1 is 1.12 bits per heavy atom. The zero-order valence-corrected chi connectivity index (χ0v) is 14.8. The largest absolute Gasteiger partial charge is 0.490 e. The number of hydrogen-bond donors (Lipinski definition) is 0. The second-order valence-corrected chi connectivity index (χ2v) is 7.09. The lowest BCUT2D eigenvalue weighted by atomic mass is 10.3. The molecule has 4 rings (SSSR count). The Morgan fingerprint density at radius 3 is 2.84 bits per heavy atom. The molecule has 0 unspecified atom stereocenters. The lowest BCUT2D eigenvalue weighted by Gasteiger charge is -2.09. The molecule has 0 saturated heterocycles. The van der Waals surface area contributed by atoms with Crippen LogP contribution in [0, 0.1) is 0 Å². The van der Waals surface area contributed by atoms with Crippen LogP contribution in [0.4, 0.5) is 0 Å². The Balaban J connectivity index is 1.55. The van der Waals surface area contributed by atoms with E-state index in [1.165, 1.54) is 4.40 Å². The highest BCUT2D eigenvalue weighted by molar-refractivity contribution is 7.98. The predicted molar refractivity (Wildman–Crippen MR) is 98.1 cm³/mol. The van der Waals surface area contributed by atoms with E-state index in [1.807, 2.05) is 18.2 Å². The van der Waals surface area contributed by atoms with E-state index in [0.717, 1.165) is 28.5 Å². The van der Waals surface area contributed by atoms with Gasteiger partial charge in [0.1, 0.15) is 5.65 Å². The van der Waals surface area contributed by atoms with Gasteiger partial charge in [0, 0.05) is 29.3 Å². The number of ether oxygens (including phenoxy) is 2. The van der Waals surface area contributed by atoms with Crippen molar-refractivity contribution in [2.45, 2.75) is 17.1 Å². The number of nitrogens with zero attached hydrogens (tertiary/aromatic N) is 2. The molecular formula is C18H15ClN2O3S. The Kier molecular flexibility index (Phi) is 4.55. The molecule has 7 heteroatoms. The molecule has 0 fully saturated rings. The summed E-state index contributed by atoms with van der Waals surface area (Å²) in [5, 5.41) is 0.505. The monoisotopic (exact) mass is 374 g/mol. The van der Waals surface area contributed by atoms with E-state index in [4.69, 9.17) is 21.1 Å². The lowest BCUT2D eigenvalue weighted by Crippen LogP contribution is -2.15. The molecule has 0 N–H and O–H groups in total. The average molecular weight is 375 g/mol. The fraction of sp³-hybridized carbons (Fsp3) is 0.222. The molecule has 1 aliphatic rings. The second-order valence-electron chi connectivity index (χ2n) is 5.61. The number of rotatable bonds is 3. The summed E-state index contributed by atoms with van der Waals surface area (Å²) in [5.74, 6) is 2.14. The molecule has 5 nitrogen and oxygen atoms in total. The molecule has 0 spiro atoms. The summed E-state index contributed by atoms with van der Waals surface area (Å²) in [5.41, 5.74) is 1.18. The lowest BCUT2D eigenvalue weighted by molar-refractivity contribution is 0.297. The van der Waals surface area contributed by atoms with Crippen molar-refractivity contribution in [3.05, 3.63) is 63.7 Å². The number of hydrogen-bond acceptors (Lipinski definition) is 5. The van der Waals surface area contributed by atoms with Crippen molar-refractivity contribution in [3.63, 3.8) is 0 Å². The number of pyridine rings is 1. The molecule has 3 aromatic rings. The molecule has 0 aliphatic carbocycles. The van der Waals surface area contributed by atoms with Crippen LogP contribution in [0.15, 0.2) is 52.3 Å². The van der Waals surface area contributed by atoms with E-state index >= 15 is 0 Å². The van der Waals surface area contributed by atoms with Crippen molar-refractivity contribution in [1.82, 2.24) is 9.38 Å². The van der Waals surface area contributed by atoms with Crippen molar-refractivity contribution in [2.24, 2.45) is 0 Å². The van der Waals surface area contributed by atoms with Crippen molar-refractivity contribution < 1.29 is 9.47 Å². The van der Waals surface area contributed by atoms with Crippen LogP contribution < -0.4 is 15.0 Å². The summed E-state index contributed by atoms with van der Waals surface area (Å²) >= 11 is 7.53. The number of aromatic nitrogens is 2. The topological polar surface area (TPSA) is 52.8 Å². The summed E-state index contributed by atoms with van der Waals surface area (Å²) in [4.78, 5) is 17.8. The molecule has 0 atom stereocenters. The van der Waals surface area contributed by atoms with Gasteiger partial charge in [0.15, 0.2) is 11.5 Å². The van der Waals surface area contributed by atoms with E-state index in [2.05, 4.69) is 4.98 Å². The maximum Gasteiger partial charge on any atom is 0.258 e. The SMILES string of the molecule is O=c1cc(CSc2ccc3c(c2)OCCCO3)nc2ccc(Cl)cn12. The van der Waals surface area contributed by atoms with Crippen molar-refractivity contribution in [3.8, 4) is 11.5 Å². The molecule has 0 amide bonds. The summed E-state index contributed by atoms with van der Waals surface area (Å²) < 4.78 is 12.8. The van der Waals surface area contributed by atoms with E-state index in [1.54, 1.807) is 36.2 Å². The molecule has 2 aromatic heterocycles. The zero-order chi connectivity index (χ0) is 17.2. The van der Waals surface area contributed by atoms with Gasteiger partial charge in [-0.2, -0.15) is 0 Å². The van der Waals surface area contributed by atoms with Crippen molar-refractivity contribution in [1.29, 1.82) is 0 Å². The van der Waals surface area contributed by atoms with E-state index in [-0.39, 0.29) is 5.56 Å². The summed E-state index contributed by atoms with van der Waals surface area (Å²) in [6.45, 7) is 1.33. The van der Waals surface area contributed by atoms with Crippen LogP contribution in [0.1, 0.15) is 12.1 Å². The normalized spacial score (nSPS) is 13.6. The first-order valence-corrected chi connectivity index (χ1v) is 9.26. The molecular weight excluding hydrogens is 360 g/mol. The maximum absolute atomic E-state index is 12.2. The van der Waals surface area contributed by atoms with E-state index in [0.29, 0.717) is 29.6 Å². The van der Waals surface area contributed by atoms with Crippen LogP contribution in [0.2, 0.25) is 5.02 Å². The first-order chi connectivity index (χ1) is 12.2. The van der Waals surface area contributed by atoms with Gasteiger partial charge in [-0.1, -0.05) is 11.6 Å². The number of halogens is 1. The van der Waals surface area contributed by atoms with Crippen molar-refractivity contribution in [2.75, 3.05) is 13.2 Å². The highest BCUT2D eigenvalue weighted by Gasteiger charge is 2.11. The Morgan fingerprint density at radius 2 is 1.96 bits per heavy atom. The molecule has 3 heterocycles. The third-order valence-electron chi connectivity index (χ3n) is 3.78. The van der Waals surface area contributed by atoms with Gasteiger partial charge < -0.3 is 9.47 Å². The smallest absolute Gasteiger partial charge is 0.258 e. The minimum absolute atomic E-state index is 0.137. The minimum atomic E-state index is -0.137. The van der Waals surface area contributed by atoms with Gasteiger partial charge >= 0.3 is 0 Å². The van der Waals surface area contributed by atoms with Gasteiger partial charge in [-0.15, -0.1) is 11.8 Å². The van der Waals surface area contributed by atoms with Gasteiger partial charge in [0.2, 0.25) is 0 Å². The number of fused-ring (bicyclic) bond motifs is 2. The Bertz CT molecular complexity index is 990. The minimum Gasteiger partial charge on any atom is -0.490 e. The average Bonchev–Trinajstić information content (AvgIpc) is 2.85. The Hall–Kier alpha value is -2.18. The number of thioether (sulfide) groups is 1. The Labute approximate surface area is 153 Å². The van der Waals surface area contributed by atoms with Crippen LogP contribution in [-0.4, -0.2) is 22.6 Å². The summed E-state index contributed by atoms with van der Waals surface area (Å²) in [7, 11) is 0. The van der Waals surface area contributed by atoms with E-state index in [9.17, 15) is 4.79 Å². The first-order valence-electron chi connectivity index (χ1n) is 7.89. The molecule has 1 aliphatic heterocycles.